The fourth-order valence-electron chi connectivity index (χ4n) is 1.74. The quantitative estimate of drug-likeness (QED) is 0.473. The molecule has 112 valence electrons. The molecule has 0 radical (unpaired) electrons. The summed E-state index contributed by atoms with van der Waals surface area (Å²) in [6.07, 6.45) is 3.50. The van der Waals surface area contributed by atoms with Gasteiger partial charge in [0.25, 0.3) is 11.6 Å². The first-order valence-corrected chi connectivity index (χ1v) is 6.26. The Balaban J connectivity index is 2.90. The fraction of sp³-hybridized carbons (Fsp3) is 0.286. The van der Waals surface area contributed by atoms with E-state index in [1.165, 1.54) is 25.1 Å². The largest absolute Gasteiger partial charge is 0.480 e. The Morgan fingerprint density at radius 1 is 1.48 bits per heavy atom. The molecule has 0 saturated carbocycles. The molecule has 0 aromatic heterocycles. The van der Waals surface area contributed by atoms with Crippen molar-refractivity contribution < 1.29 is 19.6 Å². The number of carbonyl (C=O) groups excluding carboxylic acids is 1. The lowest BCUT2D eigenvalue weighted by Crippen LogP contribution is -2.40. The van der Waals surface area contributed by atoms with Gasteiger partial charge in [0.1, 0.15) is 6.04 Å². The molecule has 7 nitrogen and oxygen atoms in total. The number of aliphatic carboxylic acids is 1. The van der Waals surface area contributed by atoms with Gasteiger partial charge in [-0.05, 0) is 32.4 Å². The van der Waals surface area contributed by atoms with E-state index >= 15 is 0 Å². The minimum Gasteiger partial charge on any atom is -0.480 e. The fourth-order valence-corrected chi connectivity index (χ4v) is 1.74. The summed E-state index contributed by atoms with van der Waals surface area (Å²) in [7, 11) is 0. The second-order valence-corrected chi connectivity index (χ2v) is 4.43. The molecular weight excluding hydrogens is 276 g/mol. The van der Waals surface area contributed by atoms with Crippen LogP contribution >= 0.6 is 0 Å². The van der Waals surface area contributed by atoms with E-state index in [1.54, 1.807) is 19.1 Å². The Morgan fingerprint density at radius 3 is 2.62 bits per heavy atom. The third-order valence-electron chi connectivity index (χ3n) is 2.87. The monoisotopic (exact) mass is 292 g/mol. The number of nitrogens with one attached hydrogen (secondary N) is 1. The minimum atomic E-state index is -1.14. The van der Waals surface area contributed by atoms with Crippen molar-refractivity contribution in [2.45, 2.75) is 26.3 Å². The number of hydrogen-bond acceptors (Lipinski definition) is 4. The molecule has 1 atom stereocenters. The van der Waals surface area contributed by atoms with E-state index in [0.717, 1.165) is 0 Å². The van der Waals surface area contributed by atoms with Crippen molar-refractivity contribution >= 4 is 17.6 Å². The lowest BCUT2D eigenvalue weighted by Gasteiger charge is -2.13. The van der Waals surface area contributed by atoms with Gasteiger partial charge in [-0.3, -0.25) is 14.9 Å². The lowest BCUT2D eigenvalue weighted by atomic mass is 10.1. The smallest absolute Gasteiger partial charge is 0.326 e. The maximum absolute atomic E-state index is 12.0. The molecule has 1 rings (SSSR count). The van der Waals surface area contributed by atoms with Crippen LogP contribution in [0.3, 0.4) is 0 Å². The van der Waals surface area contributed by atoms with Gasteiger partial charge < -0.3 is 10.4 Å². The zero-order valence-corrected chi connectivity index (χ0v) is 11.7. The first-order valence-electron chi connectivity index (χ1n) is 6.26. The number of aryl methyl sites for hydroxylation is 1. The van der Waals surface area contributed by atoms with Crippen LogP contribution in [0.2, 0.25) is 0 Å². The van der Waals surface area contributed by atoms with Crippen LogP contribution in [0, 0.1) is 17.0 Å². The van der Waals surface area contributed by atoms with Crippen molar-refractivity contribution in [2.24, 2.45) is 0 Å². The van der Waals surface area contributed by atoms with Crippen molar-refractivity contribution in [1.29, 1.82) is 0 Å². The average molecular weight is 292 g/mol. The topological polar surface area (TPSA) is 110 Å². The minimum absolute atomic E-state index is 0.0877. The van der Waals surface area contributed by atoms with E-state index in [0.29, 0.717) is 5.56 Å². The highest BCUT2D eigenvalue weighted by molar-refractivity contribution is 5.97. The molecule has 0 fully saturated rings. The summed E-state index contributed by atoms with van der Waals surface area (Å²) in [5.74, 6) is -1.72. The molecule has 7 heteroatoms. The number of hydrogen-bond donors (Lipinski definition) is 2. The number of benzene rings is 1. The molecule has 0 saturated heterocycles. The Morgan fingerprint density at radius 2 is 2.14 bits per heavy atom. The highest BCUT2D eigenvalue weighted by Gasteiger charge is 2.20. The molecule has 0 heterocycles. The Hall–Kier alpha value is -2.70. The zero-order valence-electron chi connectivity index (χ0n) is 11.7. The van der Waals surface area contributed by atoms with Crippen LogP contribution in [0.25, 0.3) is 0 Å². The second kappa shape index (κ2) is 7.18. The molecular formula is C14H16N2O5. The molecule has 0 bridgehead atoms. The lowest BCUT2D eigenvalue weighted by molar-refractivity contribution is -0.385. The standard InChI is InChI=1S/C14H16N2O5/c1-3-4-5-11(14(18)19)15-13(17)10-6-7-12(16(20)21)9(2)8-10/h3-4,6-8,11H,5H2,1-2H3,(H,15,17)(H,18,19)/b4-3+. The molecule has 0 aliphatic carbocycles. The van der Waals surface area contributed by atoms with Gasteiger partial charge in [0.15, 0.2) is 0 Å². The van der Waals surface area contributed by atoms with Crippen LogP contribution in [0.4, 0.5) is 5.69 Å². The van der Waals surface area contributed by atoms with Gasteiger partial charge in [-0.25, -0.2) is 4.79 Å². The van der Waals surface area contributed by atoms with E-state index in [4.69, 9.17) is 5.11 Å². The Kier molecular flexibility index (Phi) is 5.59. The van der Waals surface area contributed by atoms with Gasteiger partial charge in [-0.2, -0.15) is 0 Å². The summed E-state index contributed by atoms with van der Waals surface area (Å²) in [5, 5.41) is 22.1. The number of carbonyl (C=O) groups is 2. The summed E-state index contributed by atoms with van der Waals surface area (Å²) >= 11 is 0. The van der Waals surface area contributed by atoms with Gasteiger partial charge in [0, 0.05) is 17.2 Å². The number of amides is 1. The highest BCUT2D eigenvalue weighted by atomic mass is 16.6. The van der Waals surface area contributed by atoms with Gasteiger partial charge in [0.05, 0.1) is 4.92 Å². The van der Waals surface area contributed by atoms with Crippen LogP contribution in [0.15, 0.2) is 30.4 Å². The van der Waals surface area contributed by atoms with Crippen molar-refractivity contribution in [1.82, 2.24) is 5.32 Å². The molecule has 0 aliphatic rings. The number of nitro benzene ring substituents is 1. The van der Waals surface area contributed by atoms with E-state index in [9.17, 15) is 19.7 Å². The van der Waals surface area contributed by atoms with E-state index in [-0.39, 0.29) is 17.7 Å². The highest BCUT2D eigenvalue weighted by Crippen LogP contribution is 2.18. The number of carboxylic acid groups (broad SMARTS) is 1. The molecule has 1 amide bonds. The maximum Gasteiger partial charge on any atom is 0.326 e. The summed E-state index contributed by atoms with van der Waals surface area (Å²) in [6.45, 7) is 3.27. The summed E-state index contributed by atoms with van der Waals surface area (Å²) in [6, 6.07) is 2.85. The van der Waals surface area contributed by atoms with Crippen LogP contribution in [0.5, 0.6) is 0 Å². The van der Waals surface area contributed by atoms with E-state index in [1.807, 2.05) is 0 Å². The summed E-state index contributed by atoms with van der Waals surface area (Å²) in [5.41, 5.74) is 0.438. The van der Waals surface area contributed by atoms with Crippen LogP contribution < -0.4 is 5.32 Å². The summed E-state index contributed by atoms with van der Waals surface area (Å²) < 4.78 is 0. The van der Waals surface area contributed by atoms with Crippen LogP contribution in [-0.2, 0) is 4.79 Å². The molecule has 0 spiro atoms. The molecule has 1 aromatic rings. The molecule has 21 heavy (non-hydrogen) atoms. The number of allylic oxidation sites excluding steroid dienone is 1. The average Bonchev–Trinajstić information content (AvgIpc) is 2.42. The van der Waals surface area contributed by atoms with Crippen LogP contribution in [-0.4, -0.2) is 27.9 Å². The van der Waals surface area contributed by atoms with Crippen molar-refractivity contribution in [3.8, 4) is 0 Å². The maximum atomic E-state index is 12.0. The summed E-state index contributed by atoms with van der Waals surface area (Å²) in [4.78, 5) is 33.2. The number of nitrogens with zero attached hydrogens (tertiary/aromatic N) is 1. The van der Waals surface area contributed by atoms with Crippen molar-refractivity contribution in [3.05, 3.63) is 51.6 Å². The van der Waals surface area contributed by atoms with Gasteiger partial charge in [0.2, 0.25) is 0 Å². The van der Waals surface area contributed by atoms with Crippen LogP contribution in [0.1, 0.15) is 29.3 Å². The van der Waals surface area contributed by atoms with Crippen molar-refractivity contribution in [2.75, 3.05) is 0 Å². The normalized spacial score (nSPS) is 12.1. The van der Waals surface area contributed by atoms with Gasteiger partial charge in [-0.1, -0.05) is 12.2 Å². The zero-order chi connectivity index (χ0) is 16.0. The molecule has 2 N–H and O–H groups in total. The Labute approximate surface area is 121 Å². The first kappa shape index (κ1) is 16.4. The predicted octanol–water partition coefficient (Wildman–Crippen LogP) is 2.05. The van der Waals surface area contributed by atoms with E-state index < -0.39 is 22.8 Å². The number of rotatable bonds is 6. The third kappa shape index (κ3) is 4.41. The second-order valence-electron chi connectivity index (χ2n) is 4.43. The van der Waals surface area contributed by atoms with Gasteiger partial charge in [-0.15, -0.1) is 0 Å². The predicted molar refractivity (Wildman–Crippen MR) is 76.2 cm³/mol. The number of carboxylic acids is 1. The first-order chi connectivity index (χ1) is 9.86. The van der Waals surface area contributed by atoms with Gasteiger partial charge >= 0.3 is 5.97 Å². The van der Waals surface area contributed by atoms with Crippen molar-refractivity contribution in [3.63, 3.8) is 0 Å². The van der Waals surface area contributed by atoms with E-state index in [2.05, 4.69) is 5.32 Å². The third-order valence-corrected chi connectivity index (χ3v) is 2.87. The molecule has 1 aromatic carbocycles. The molecule has 0 aliphatic heterocycles. The molecule has 1 unspecified atom stereocenters. The number of nitro groups is 1. The Bertz CT molecular complexity index is 595. The SMILES string of the molecule is C/C=C/CC(NC(=O)c1ccc([N+](=O)[O-])c(C)c1)C(=O)O.